The molecule has 0 unspecified atom stereocenters. The summed E-state index contributed by atoms with van der Waals surface area (Å²) >= 11 is 1.50. The van der Waals surface area contributed by atoms with Crippen molar-refractivity contribution in [1.29, 1.82) is 0 Å². The number of aromatic hydroxyl groups is 1. The smallest absolute Gasteiger partial charge is 0.160 e. The lowest BCUT2D eigenvalue weighted by Gasteiger charge is -2.17. The summed E-state index contributed by atoms with van der Waals surface area (Å²) in [5, 5.41) is 20.0. The highest BCUT2D eigenvalue weighted by Crippen LogP contribution is 2.38. The number of benzene rings is 1. The number of nitrogen functional groups attached to an aromatic ring is 1. The Morgan fingerprint density at radius 2 is 1.93 bits per heavy atom. The monoisotopic (exact) mass is 388 g/mol. The van der Waals surface area contributed by atoms with E-state index in [-0.39, 0.29) is 12.4 Å². The predicted octanol–water partition coefficient (Wildman–Crippen LogP) is 2.62. The van der Waals surface area contributed by atoms with Crippen LogP contribution in [0.15, 0.2) is 33.2 Å². The molecule has 2 rings (SSSR count). The van der Waals surface area contributed by atoms with Crippen molar-refractivity contribution in [3.05, 3.63) is 29.3 Å². The van der Waals surface area contributed by atoms with Gasteiger partial charge in [0.15, 0.2) is 11.5 Å². The van der Waals surface area contributed by atoms with Gasteiger partial charge in [0.25, 0.3) is 0 Å². The molecule has 0 atom stereocenters. The summed E-state index contributed by atoms with van der Waals surface area (Å²) in [6, 6.07) is 5.16. The van der Waals surface area contributed by atoms with Crippen molar-refractivity contribution < 1.29 is 14.9 Å². The molecular weight excluding hydrogens is 364 g/mol. The number of rotatable bonds is 8. The van der Waals surface area contributed by atoms with Crippen LogP contribution < -0.4 is 10.5 Å². The number of nitrogens with zero attached hydrogens (tertiary/aromatic N) is 3. The molecule has 1 heterocycles. The van der Waals surface area contributed by atoms with E-state index in [0.717, 1.165) is 16.7 Å². The standard InChI is InChI=1S/C19H24N4O3S/c1-21-10-13-17(12-5-6-16(26-3)15(25)9-12)14(11-22-2)19(23-18(13)20)27-8-4-7-24/h5-6,9-11,24-25H,4,7-8H2,1-3H3,(H2,20,23). The van der Waals surface area contributed by atoms with Crippen molar-refractivity contribution >= 4 is 30.0 Å². The second kappa shape index (κ2) is 9.94. The molecular formula is C19H24N4O3S. The van der Waals surface area contributed by atoms with Crippen LogP contribution in [0.4, 0.5) is 5.82 Å². The lowest BCUT2D eigenvalue weighted by atomic mass is 9.96. The molecule has 4 N–H and O–H groups in total. The van der Waals surface area contributed by atoms with E-state index in [1.54, 1.807) is 38.7 Å². The fraction of sp³-hybridized carbons (Fsp3) is 0.316. The third-order valence-electron chi connectivity index (χ3n) is 3.79. The minimum Gasteiger partial charge on any atom is -0.504 e. The van der Waals surface area contributed by atoms with Gasteiger partial charge >= 0.3 is 0 Å². The third kappa shape index (κ3) is 4.78. The van der Waals surface area contributed by atoms with Gasteiger partial charge in [-0.3, -0.25) is 9.98 Å². The van der Waals surface area contributed by atoms with Crippen LogP contribution in [0.5, 0.6) is 11.5 Å². The minimum absolute atomic E-state index is 0.0265. The molecule has 0 aliphatic carbocycles. The summed E-state index contributed by atoms with van der Waals surface area (Å²) in [7, 11) is 4.84. The van der Waals surface area contributed by atoms with Crippen LogP contribution in [-0.2, 0) is 0 Å². The van der Waals surface area contributed by atoms with Crippen LogP contribution in [0.1, 0.15) is 17.5 Å². The SMILES string of the molecule is CN=Cc1c(N)nc(SCCCO)c(C=NC)c1-c1ccc(OC)c(O)c1. The molecule has 1 aromatic carbocycles. The number of phenolic OH excluding ortho intramolecular Hbond substituents is 1. The molecule has 0 bridgehead atoms. The molecule has 0 amide bonds. The molecule has 2 aromatic rings. The van der Waals surface area contributed by atoms with Crippen molar-refractivity contribution in [3.63, 3.8) is 0 Å². The molecule has 0 saturated heterocycles. The lowest BCUT2D eigenvalue weighted by molar-refractivity contribution is 0.296. The van der Waals surface area contributed by atoms with E-state index in [9.17, 15) is 5.11 Å². The van der Waals surface area contributed by atoms with Gasteiger partial charge in [-0.25, -0.2) is 4.98 Å². The van der Waals surface area contributed by atoms with E-state index in [2.05, 4.69) is 15.0 Å². The van der Waals surface area contributed by atoms with Crippen LogP contribution in [0.25, 0.3) is 11.1 Å². The molecule has 0 spiro atoms. The van der Waals surface area contributed by atoms with Crippen molar-refractivity contribution in [2.45, 2.75) is 11.4 Å². The molecule has 0 aliphatic rings. The van der Waals surface area contributed by atoms with Gasteiger partial charge in [0.05, 0.1) is 7.11 Å². The summed E-state index contributed by atoms with van der Waals surface area (Å²) in [5.41, 5.74) is 9.18. The van der Waals surface area contributed by atoms with Gasteiger partial charge in [-0.2, -0.15) is 0 Å². The Morgan fingerprint density at radius 1 is 1.22 bits per heavy atom. The molecule has 0 fully saturated rings. The maximum absolute atomic E-state index is 10.2. The number of aliphatic imine (C=N–C) groups is 2. The minimum atomic E-state index is 0.0265. The Labute approximate surface area is 163 Å². The Morgan fingerprint density at radius 3 is 2.52 bits per heavy atom. The Hall–Kier alpha value is -2.58. The van der Waals surface area contributed by atoms with Crippen molar-refractivity contribution in [1.82, 2.24) is 4.98 Å². The number of aliphatic hydroxyl groups excluding tert-OH is 1. The number of phenols is 1. The zero-order chi connectivity index (χ0) is 19.8. The van der Waals surface area contributed by atoms with E-state index in [0.29, 0.717) is 34.3 Å². The normalized spacial score (nSPS) is 11.6. The summed E-state index contributed by atoms with van der Waals surface area (Å²) in [6.45, 7) is 0.111. The summed E-state index contributed by atoms with van der Waals surface area (Å²) < 4.78 is 5.14. The zero-order valence-corrected chi connectivity index (χ0v) is 16.5. The maximum atomic E-state index is 10.2. The second-order valence-electron chi connectivity index (χ2n) is 5.59. The Kier molecular flexibility index (Phi) is 7.63. The highest BCUT2D eigenvalue weighted by molar-refractivity contribution is 7.99. The number of aromatic nitrogens is 1. The second-order valence-corrected chi connectivity index (χ2v) is 6.68. The van der Waals surface area contributed by atoms with Gasteiger partial charge in [0.1, 0.15) is 10.8 Å². The molecule has 0 radical (unpaired) electrons. The summed E-state index contributed by atoms with van der Waals surface area (Å²) in [5.74, 6) is 1.45. The van der Waals surface area contributed by atoms with Crippen LogP contribution in [0.3, 0.4) is 0 Å². The van der Waals surface area contributed by atoms with Crippen LogP contribution in [0, 0.1) is 0 Å². The van der Waals surface area contributed by atoms with E-state index >= 15 is 0 Å². The predicted molar refractivity (Wildman–Crippen MR) is 112 cm³/mol. The van der Waals surface area contributed by atoms with Gasteiger partial charge in [-0.1, -0.05) is 6.07 Å². The number of ether oxygens (including phenoxy) is 1. The number of methoxy groups -OCH3 is 1. The van der Waals surface area contributed by atoms with Gasteiger partial charge in [0, 0.05) is 55.6 Å². The van der Waals surface area contributed by atoms with Crippen molar-refractivity contribution in [2.24, 2.45) is 9.98 Å². The third-order valence-corrected chi connectivity index (χ3v) is 4.87. The van der Waals surface area contributed by atoms with Crippen molar-refractivity contribution in [2.75, 3.05) is 39.3 Å². The van der Waals surface area contributed by atoms with E-state index in [1.165, 1.54) is 18.9 Å². The van der Waals surface area contributed by atoms with E-state index in [4.69, 9.17) is 15.6 Å². The number of nitrogens with two attached hydrogens (primary N) is 1. The topological polar surface area (TPSA) is 113 Å². The number of hydrogen-bond donors (Lipinski definition) is 3. The van der Waals surface area contributed by atoms with Crippen molar-refractivity contribution in [3.8, 4) is 22.6 Å². The maximum Gasteiger partial charge on any atom is 0.160 e. The van der Waals surface area contributed by atoms with Crippen LogP contribution >= 0.6 is 11.8 Å². The Balaban J connectivity index is 2.75. The van der Waals surface area contributed by atoms with E-state index < -0.39 is 0 Å². The molecule has 1 aromatic heterocycles. The first-order valence-corrected chi connectivity index (χ1v) is 9.34. The summed E-state index contributed by atoms with van der Waals surface area (Å²) in [6.07, 6.45) is 4.01. The van der Waals surface area contributed by atoms with Crippen LogP contribution in [0.2, 0.25) is 0 Å². The average Bonchev–Trinajstić information content (AvgIpc) is 2.65. The highest BCUT2D eigenvalue weighted by Gasteiger charge is 2.19. The highest BCUT2D eigenvalue weighted by atomic mass is 32.2. The number of thioether (sulfide) groups is 1. The summed E-state index contributed by atoms with van der Waals surface area (Å²) in [4.78, 5) is 12.8. The first kappa shape index (κ1) is 20.7. The van der Waals surface area contributed by atoms with Gasteiger partial charge in [-0.05, 0) is 24.1 Å². The Bertz CT molecular complexity index is 853. The fourth-order valence-corrected chi connectivity index (χ4v) is 3.56. The van der Waals surface area contributed by atoms with Gasteiger partial charge in [-0.15, -0.1) is 11.8 Å². The molecule has 8 heteroatoms. The first-order valence-electron chi connectivity index (χ1n) is 8.36. The molecule has 7 nitrogen and oxygen atoms in total. The molecule has 144 valence electrons. The van der Waals surface area contributed by atoms with Gasteiger partial charge < -0.3 is 20.7 Å². The molecule has 0 aliphatic heterocycles. The number of anilines is 1. The molecule has 0 saturated carbocycles. The lowest BCUT2D eigenvalue weighted by Crippen LogP contribution is -2.07. The largest absolute Gasteiger partial charge is 0.504 e. The number of pyridine rings is 1. The molecule has 27 heavy (non-hydrogen) atoms. The van der Waals surface area contributed by atoms with Crippen LogP contribution in [-0.4, -0.2) is 61.2 Å². The zero-order valence-electron chi connectivity index (χ0n) is 15.6. The number of aliphatic hydroxyl groups is 1. The quantitative estimate of drug-likeness (QED) is 0.364. The average molecular weight is 388 g/mol. The first-order chi connectivity index (χ1) is 13.1. The van der Waals surface area contributed by atoms with Gasteiger partial charge in [0.2, 0.25) is 0 Å². The number of hydrogen-bond acceptors (Lipinski definition) is 8. The fourth-order valence-electron chi connectivity index (χ4n) is 2.62. The van der Waals surface area contributed by atoms with E-state index in [1.807, 2.05) is 6.07 Å².